The Hall–Kier alpha value is -0.160. The highest BCUT2D eigenvalue weighted by atomic mass is 16.5. The van der Waals surface area contributed by atoms with E-state index in [1.165, 1.54) is 25.8 Å². The summed E-state index contributed by atoms with van der Waals surface area (Å²) in [5.74, 6) is 0.414. The van der Waals surface area contributed by atoms with Crippen LogP contribution < -0.4 is 0 Å². The van der Waals surface area contributed by atoms with E-state index in [4.69, 9.17) is 9.47 Å². The molecule has 4 rings (SSSR count). The molecule has 4 heterocycles. The molecule has 4 aliphatic rings. The van der Waals surface area contributed by atoms with Crippen LogP contribution in [-0.4, -0.2) is 60.2 Å². The number of hydrogen-bond donors (Lipinski definition) is 1. The van der Waals surface area contributed by atoms with Crippen molar-refractivity contribution in [3.8, 4) is 0 Å². The first kappa shape index (κ1) is 14.4. The smallest absolute Gasteiger partial charge is 0.0844 e. The van der Waals surface area contributed by atoms with Gasteiger partial charge < -0.3 is 14.6 Å². The summed E-state index contributed by atoms with van der Waals surface area (Å²) >= 11 is 0. The van der Waals surface area contributed by atoms with Crippen molar-refractivity contribution in [3.05, 3.63) is 0 Å². The zero-order chi connectivity index (χ0) is 14.3. The standard InChI is InChI=1S/C17H29NO3/c19-17(5-9-18-8-2-1-3-15(17)18)14-4-10-21-16(13-14)6-11-20-12-7-16/h14-15,19H,1-13H2. The van der Waals surface area contributed by atoms with Crippen LogP contribution in [-0.2, 0) is 9.47 Å². The third-order valence-corrected chi connectivity index (χ3v) is 6.59. The molecule has 4 aliphatic heterocycles. The van der Waals surface area contributed by atoms with Crippen LogP contribution >= 0.6 is 0 Å². The number of rotatable bonds is 1. The second-order valence-electron chi connectivity index (χ2n) is 7.62. The van der Waals surface area contributed by atoms with Crippen molar-refractivity contribution < 1.29 is 14.6 Å². The summed E-state index contributed by atoms with van der Waals surface area (Å²) in [6.45, 7) is 4.74. The van der Waals surface area contributed by atoms with E-state index in [0.29, 0.717) is 12.0 Å². The van der Waals surface area contributed by atoms with Gasteiger partial charge in [0.25, 0.3) is 0 Å². The Bertz CT molecular complexity index is 377. The SMILES string of the molecule is OC1(C2CCOC3(CCOCC3)C2)CCN2CCCCC21. The Kier molecular flexibility index (Phi) is 3.77. The maximum absolute atomic E-state index is 11.5. The fourth-order valence-electron chi connectivity index (χ4n) is 5.34. The zero-order valence-electron chi connectivity index (χ0n) is 13.1. The van der Waals surface area contributed by atoms with Gasteiger partial charge in [-0.05, 0) is 57.4 Å². The van der Waals surface area contributed by atoms with Crippen LogP contribution in [0.2, 0.25) is 0 Å². The van der Waals surface area contributed by atoms with E-state index in [1.54, 1.807) is 0 Å². The number of aliphatic hydroxyl groups is 1. The van der Waals surface area contributed by atoms with E-state index in [2.05, 4.69) is 4.90 Å². The van der Waals surface area contributed by atoms with Gasteiger partial charge in [0.15, 0.2) is 0 Å². The molecule has 0 aromatic rings. The summed E-state index contributed by atoms with van der Waals surface area (Å²) in [4.78, 5) is 2.55. The largest absolute Gasteiger partial charge is 0.388 e. The number of hydrogen-bond acceptors (Lipinski definition) is 4. The van der Waals surface area contributed by atoms with Crippen LogP contribution in [0, 0.1) is 5.92 Å². The predicted molar refractivity (Wildman–Crippen MR) is 80.2 cm³/mol. The van der Waals surface area contributed by atoms with Crippen LogP contribution in [0.5, 0.6) is 0 Å². The molecule has 120 valence electrons. The molecular formula is C17H29NO3. The molecule has 0 bridgehead atoms. The molecule has 1 spiro atoms. The van der Waals surface area contributed by atoms with Gasteiger partial charge >= 0.3 is 0 Å². The Morgan fingerprint density at radius 3 is 2.67 bits per heavy atom. The monoisotopic (exact) mass is 295 g/mol. The molecule has 4 saturated heterocycles. The number of ether oxygens (including phenoxy) is 2. The van der Waals surface area contributed by atoms with Crippen molar-refractivity contribution in [2.24, 2.45) is 5.92 Å². The molecule has 4 heteroatoms. The third kappa shape index (κ3) is 2.44. The van der Waals surface area contributed by atoms with Gasteiger partial charge in [0.2, 0.25) is 0 Å². The summed E-state index contributed by atoms with van der Waals surface area (Å²) < 4.78 is 11.7. The average molecular weight is 295 g/mol. The second-order valence-corrected chi connectivity index (χ2v) is 7.62. The first-order chi connectivity index (χ1) is 10.2. The van der Waals surface area contributed by atoms with Crippen LogP contribution in [0.1, 0.15) is 51.4 Å². The van der Waals surface area contributed by atoms with Crippen LogP contribution in [0.25, 0.3) is 0 Å². The Balaban J connectivity index is 1.52. The van der Waals surface area contributed by atoms with Gasteiger partial charge in [-0.25, -0.2) is 0 Å². The third-order valence-electron chi connectivity index (χ3n) is 6.59. The molecule has 0 saturated carbocycles. The fraction of sp³-hybridized carbons (Fsp3) is 1.00. The summed E-state index contributed by atoms with van der Waals surface area (Å²) in [5, 5.41) is 11.5. The lowest BCUT2D eigenvalue weighted by Crippen LogP contribution is -2.56. The summed E-state index contributed by atoms with van der Waals surface area (Å²) in [5.41, 5.74) is -0.464. The van der Waals surface area contributed by atoms with Crippen molar-refractivity contribution in [1.29, 1.82) is 0 Å². The van der Waals surface area contributed by atoms with Crippen LogP contribution in [0.3, 0.4) is 0 Å². The van der Waals surface area contributed by atoms with E-state index in [-0.39, 0.29) is 5.60 Å². The molecule has 0 amide bonds. The molecule has 4 nitrogen and oxygen atoms in total. The minimum Gasteiger partial charge on any atom is -0.388 e. The normalized spacial score (nSPS) is 43.9. The van der Waals surface area contributed by atoms with Gasteiger partial charge in [-0.2, -0.15) is 0 Å². The molecule has 4 fully saturated rings. The van der Waals surface area contributed by atoms with Crippen molar-refractivity contribution in [2.75, 3.05) is 32.9 Å². The van der Waals surface area contributed by atoms with Crippen molar-refractivity contribution in [3.63, 3.8) is 0 Å². The lowest BCUT2D eigenvalue weighted by atomic mass is 9.69. The lowest BCUT2D eigenvalue weighted by molar-refractivity contribution is -0.180. The number of nitrogens with zero attached hydrogens (tertiary/aromatic N) is 1. The topological polar surface area (TPSA) is 41.9 Å². The molecule has 0 aromatic carbocycles. The maximum atomic E-state index is 11.5. The highest BCUT2D eigenvalue weighted by Crippen LogP contribution is 2.48. The van der Waals surface area contributed by atoms with Gasteiger partial charge in [-0.1, -0.05) is 6.42 Å². The van der Waals surface area contributed by atoms with E-state index in [1.807, 2.05) is 0 Å². The van der Waals surface area contributed by atoms with Gasteiger partial charge in [-0.3, -0.25) is 4.90 Å². The molecule has 3 atom stereocenters. The second kappa shape index (κ2) is 5.48. The summed E-state index contributed by atoms with van der Waals surface area (Å²) in [7, 11) is 0. The van der Waals surface area contributed by atoms with Gasteiger partial charge in [0.1, 0.15) is 0 Å². The Labute approximate surface area is 127 Å². The van der Waals surface area contributed by atoms with E-state index >= 15 is 0 Å². The van der Waals surface area contributed by atoms with Crippen molar-refractivity contribution >= 4 is 0 Å². The van der Waals surface area contributed by atoms with Gasteiger partial charge in [0, 0.05) is 32.4 Å². The van der Waals surface area contributed by atoms with E-state index in [9.17, 15) is 5.11 Å². The molecule has 1 N–H and O–H groups in total. The molecule has 21 heavy (non-hydrogen) atoms. The van der Waals surface area contributed by atoms with Crippen molar-refractivity contribution in [1.82, 2.24) is 4.90 Å². The Morgan fingerprint density at radius 1 is 0.952 bits per heavy atom. The van der Waals surface area contributed by atoms with Crippen LogP contribution in [0.15, 0.2) is 0 Å². The van der Waals surface area contributed by atoms with Crippen molar-refractivity contribution in [2.45, 2.75) is 68.6 Å². The first-order valence-electron chi connectivity index (χ1n) is 8.90. The van der Waals surface area contributed by atoms with Gasteiger partial charge in [0.05, 0.1) is 11.2 Å². The fourth-order valence-corrected chi connectivity index (χ4v) is 5.34. The minimum absolute atomic E-state index is 0.00101. The molecule has 3 unspecified atom stereocenters. The van der Waals surface area contributed by atoms with Crippen LogP contribution in [0.4, 0.5) is 0 Å². The first-order valence-corrected chi connectivity index (χ1v) is 8.90. The average Bonchev–Trinajstić information content (AvgIpc) is 2.87. The minimum atomic E-state index is -0.463. The summed E-state index contributed by atoms with van der Waals surface area (Å²) in [6.07, 6.45) is 8.83. The van der Waals surface area contributed by atoms with Gasteiger partial charge in [-0.15, -0.1) is 0 Å². The predicted octanol–water partition coefficient (Wildman–Crippen LogP) is 1.95. The number of fused-ring (bicyclic) bond motifs is 1. The lowest BCUT2D eigenvalue weighted by Gasteiger charge is -2.49. The quantitative estimate of drug-likeness (QED) is 0.803. The molecule has 0 aromatic heterocycles. The zero-order valence-corrected chi connectivity index (χ0v) is 13.1. The highest BCUT2D eigenvalue weighted by molar-refractivity contribution is 5.07. The maximum Gasteiger partial charge on any atom is 0.0844 e. The molecule has 0 radical (unpaired) electrons. The highest BCUT2D eigenvalue weighted by Gasteiger charge is 2.54. The van der Waals surface area contributed by atoms with E-state index in [0.717, 1.165) is 58.5 Å². The number of piperidine rings is 1. The molecule has 0 aliphatic carbocycles. The van der Waals surface area contributed by atoms with E-state index < -0.39 is 5.60 Å². The summed E-state index contributed by atoms with van der Waals surface area (Å²) in [6, 6.07) is 0.409. The Morgan fingerprint density at radius 2 is 1.81 bits per heavy atom. The molecular weight excluding hydrogens is 266 g/mol.